The van der Waals surface area contributed by atoms with Crippen LogP contribution in [0.25, 0.3) is 0 Å². The Kier molecular flexibility index (Phi) is 5.19. The molecule has 0 atom stereocenters. The molecule has 2 N–H and O–H groups in total. The van der Waals surface area contributed by atoms with Gasteiger partial charge in [-0.05, 0) is 37.2 Å². The van der Waals surface area contributed by atoms with Crippen molar-refractivity contribution in [1.29, 1.82) is 0 Å². The topological polar surface area (TPSA) is 54.4 Å². The zero-order valence-electron chi connectivity index (χ0n) is 10.7. The van der Waals surface area contributed by atoms with Crippen LogP contribution in [0.5, 0.6) is 11.5 Å². The molecule has 4 nitrogen and oxygen atoms in total. The number of rotatable bonds is 7. The van der Waals surface area contributed by atoms with Crippen molar-refractivity contribution in [1.82, 2.24) is 10.3 Å². The summed E-state index contributed by atoms with van der Waals surface area (Å²) in [5.74, 6) is 1.10. The number of hydrogen-bond acceptors (Lipinski definition) is 4. The van der Waals surface area contributed by atoms with Crippen LogP contribution in [0, 0.1) is 0 Å². The Bertz CT molecular complexity index is 471. The molecule has 0 aliphatic heterocycles. The number of nitrogens with one attached hydrogen (secondary N) is 1. The summed E-state index contributed by atoms with van der Waals surface area (Å²) < 4.78 is 5.59. The molecule has 0 amide bonds. The lowest BCUT2D eigenvalue weighted by molar-refractivity contribution is 0.308. The number of benzene rings is 1. The van der Waals surface area contributed by atoms with Gasteiger partial charge in [0.25, 0.3) is 0 Å². The summed E-state index contributed by atoms with van der Waals surface area (Å²) in [5, 5.41) is 12.4. The van der Waals surface area contributed by atoms with Gasteiger partial charge in [-0.15, -0.1) is 0 Å². The van der Waals surface area contributed by atoms with Crippen molar-refractivity contribution in [3.8, 4) is 11.5 Å². The van der Waals surface area contributed by atoms with E-state index in [4.69, 9.17) is 9.84 Å². The van der Waals surface area contributed by atoms with E-state index in [-0.39, 0.29) is 5.75 Å². The average Bonchev–Trinajstić information content (AvgIpc) is 2.46. The quantitative estimate of drug-likeness (QED) is 0.748. The summed E-state index contributed by atoms with van der Waals surface area (Å²) in [6, 6.07) is 13.3. The van der Waals surface area contributed by atoms with Gasteiger partial charge >= 0.3 is 0 Å². The van der Waals surface area contributed by atoms with Crippen LogP contribution in [0.2, 0.25) is 0 Å². The third kappa shape index (κ3) is 4.97. The minimum Gasteiger partial charge on any atom is -0.506 e. The van der Waals surface area contributed by atoms with Crippen molar-refractivity contribution in [3.63, 3.8) is 0 Å². The maximum absolute atomic E-state index is 9.11. The minimum atomic E-state index is 0.194. The fourth-order valence-corrected chi connectivity index (χ4v) is 1.64. The third-order valence-electron chi connectivity index (χ3n) is 2.63. The van der Waals surface area contributed by atoms with Crippen molar-refractivity contribution in [2.24, 2.45) is 0 Å². The van der Waals surface area contributed by atoms with Crippen LogP contribution in [-0.4, -0.2) is 23.2 Å². The van der Waals surface area contributed by atoms with Crippen LogP contribution in [0.1, 0.15) is 12.1 Å². The Morgan fingerprint density at radius 1 is 1.11 bits per heavy atom. The van der Waals surface area contributed by atoms with Crippen LogP contribution < -0.4 is 10.1 Å². The molecule has 4 heteroatoms. The first-order valence-corrected chi connectivity index (χ1v) is 6.37. The molecular weight excluding hydrogens is 240 g/mol. The van der Waals surface area contributed by atoms with E-state index in [0.717, 1.165) is 24.4 Å². The summed E-state index contributed by atoms with van der Waals surface area (Å²) in [4.78, 5) is 4.10. The largest absolute Gasteiger partial charge is 0.506 e. The van der Waals surface area contributed by atoms with E-state index in [1.54, 1.807) is 6.07 Å². The number of aromatic hydroxyl groups is 1. The van der Waals surface area contributed by atoms with Gasteiger partial charge in [-0.1, -0.05) is 18.2 Å². The molecule has 0 fully saturated rings. The van der Waals surface area contributed by atoms with E-state index >= 15 is 0 Å². The smallest absolute Gasteiger partial charge is 0.133 e. The van der Waals surface area contributed by atoms with Gasteiger partial charge in [0.1, 0.15) is 11.5 Å². The summed E-state index contributed by atoms with van der Waals surface area (Å²) in [6.45, 7) is 2.26. The predicted octanol–water partition coefficient (Wildman–Crippen LogP) is 2.35. The Morgan fingerprint density at radius 2 is 1.95 bits per heavy atom. The Labute approximate surface area is 113 Å². The highest BCUT2D eigenvalue weighted by atomic mass is 16.5. The molecule has 1 aromatic carbocycles. The van der Waals surface area contributed by atoms with Gasteiger partial charge in [-0.25, -0.2) is 0 Å². The van der Waals surface area contributed by atoms with Gasteiger partial charge in [-0.3, -0.25) is 4.98 Å². The molecule has 0 bridgehead atoms. The van der Waals surface area contributed by atoms with Gasteiger partial charge in [0, 0.05) is 6.54 Å². The van der Waals surface area contributed by atoms with Crippen LogP contribution >= 0.6 is 0 Å². The van der Waals surface area contributed by atoms with Crippen molar-refractivity contribution in [2.45, 2.75) is 13.0 Å². The number of pyridine rings is 1. The molecule has 2 rings (SSSR count). The number of nitrogens with zero attached hydrogens (tertiary/aromatic N) is 1. The monoisotopic (exact) mass is 258 g/mol. The number of hydrogen-bond donors (Lipinski definition) is 2. The lowest BCUT2D eigenvalue weighted by Crippen LogP contribution is -2.17. The fourth-order valence-electron chi connectivity index (χ4n) is 1.64. The van der Waals surface area contributed by atoms with Crippen molar-refractivity contribution >= 4 is 0 Å². The molecule has 100 valence electrons. The number of ether oxygens (including phenoxy) is 1. The zero-order chi connectivity index (χ0) is 13.3. The lowest BCUT2D eigenvalue weighted by atomic mass is 10.3. The van der Waals surface area contributed by atoms with E-state index in [0.29, 0.717) is 13.2 Å². The van der Waals surface area contributed by atoms with Gasteiger partial charge in [0.15, 0.2) is 0 Å². The second kappa shape index (κ2) is 7.38. The van der Waals surface area contributed by atoms with Crippen LogP contribution in [0.3, 0.4) is 0 Å². The second-order valence-corrected chi connectivity index (χ2v) is 4.20. The van der Waals surface area contributed by atoms with Crippen LogP contribution in [0.4, 0.5) is 0 Å². The van der Waals surface area contributed by atoms with E-state index < -0.39 is 0 Å². The zero-order valence-corrected chi connectivity index (χ0v) is 10.7. The SMILES string of the molecule is Oc1ccc(CNCCCOc2ccccc2)nc1. The standard InChI is InChI=1S/C15H18N2O2/c18-14-8-7-13(17-12-14)11-16-9-4-10-19-15-5-2-1-3-6-15/h1-3,5-8,12,16,18H,4,9-11H2. The Morgan fingerprint density at radius 3 is 2.68 bits per heavy atom. The molecule has 0 saturated carbocycles. The van der Waals surface area contributed by atoms with Gasteiger partial charge in [0.2, 0.25) is 0 Å². The van der Waals surface area contributed by atoms with Crippen molar-refractivity contribution in [2.75, 3.05) is 13.2 Å². The van der Waals surface area contributed by atoms with E-state index in [1.807, 2.05) is 36.4 Å². The van der Waals surface area contributed by atoms with E-state index in [1.165, 1.54) is 6.20 Å². The number of aromatic nitrogens is 1. The molecule has 1 aromatic heterocycles. The molecule has 0 saturated heterocycles. The maximum Gasteiger partial charge on any atom is 0.133 e. The Balaban J connectivity index is 1.56. The second-order valence-electron chi connectivity index (χ2n) is 4.20. The molecule has 0 aliphatic carbocycles. The average molecular weight is 258 g/mol. The first-order chi connectivity index (χ1) is 9.34. The van der Waals surface area contributed by atoms with Crippen molar-refractivity contribution < 1.29 is 9.84 Å². The normalized spacial score (nSPS) is 10.3. The van der Waals surface area contributed by atoms with Gasteiger partial charge in [-0.2, -0.15) is 0 Å². The van der Waals surface area contributed by atoms with E-state index in [9.17, 15) is 0 Å². The fraction of sp³-hybridized carbons (Fsp3) is 0.267. The van der Waals surface area contributed by atoms with Crippen molar-refractivity contribution in [3.05, 3.63) is 54.4 Å². The van der Waals surface area contributed by atoms with Gasteiger partial charge < -0.3 is 15.2 Å². The lowest BCUT2D eigenvalue weighted by Gasteiger charge is -2.07. The maximum atomic E-state index is 9.11. The molecule has 19 heavy (non-hydrogen) atoms. The molecule has 0 aliphatic rings. The summed E-state index contributed by atoms with van der Waals surface area (Å²) in [5.41, 5.74) is 0.918. The predicted molar refractivity (Wildman–Crippen MR) is 74.2 cm³/mol. The number of para-hydroxylation sites is 1. The highest BCUT2D eigenvalue weighted by Gasteiger charge is 1.95. The Hall–Kier alpha value is -2.07. The molecule has 0 unspecified atom stereocenters. The summed E-state index contributed by atoms with van der Waals surface area (Å²) >= 11 is 0. The van der Waals surface area contributed by atoms with Crippen LogP contribution in [0.15, 0.2) is 48.7 Å². The molecule has 2 aromatic rings. The van der Waals surface area contributed by atoms with Crippen LogP contribution in [-0.2, 0) is 6.54 Å². The van der Waals surface area contributed by atoms with E-state index in [2.05, 4.69) is 10.3 Å². The van der Waals surface area contributed by atoms with Gasteiger partial charge in [0.05, 0.1) is 18.5 Å². The summed E-state index contributed by atoms with van der Waals surface area (Å²) in [7, 11) is 0. The summed E-state index contributed by atoms with van der Waals surface area (Å²) in [6.07, 6.45) is 2.39. The third-order valence-corrected chi connectivity index (χ3v) is 2.63. The first kappa shape index (κ1) is 13.4. The first-order valence-electron chi connectivity index (χ1n) is 6.37. The molecule has 0 radical (unpaired) electrons. The highest BCUT2D eigenvalue weighted by molar-refractivity contribution is 5.20. The molecule has 0 spiro atoms. The molecular formula is C15H18N2O2. The highest BCUT2D eigenvalue weighted by Crippen LogP contribution is 2.08. The molecule has 1 heterocycles. The minimum absolute atomic E-state index is 0.194.